The number of carbonyl (C=O) groups is 2. The Hall–Kier alpha value is -3.20. The predicted molar refractivity (Wildman–Crippen MR) is 146 cm³/mol. The maximum absolute atomic E-state index is 13.4. The van der Waals surface area contributed by atoms with E-state index in [0.29, 0.717) is 31.0 Å². The monoisotopic (exact) mass is 520 g/mol. The summed E-state index contributed by atoms with van der Waals surface area (Å²) in [6.07, 6.45) is 11.8. The van der Waals surface area contributed by atoms with Gasteiger partial charge < -0.3 is 20.3 Å². The van der Waals surface area contributed by atoms with Crippen LogP contribution in [0.4, 0.5) is 5.95 Å². The molecule has 204 valence electrons. The van der Waals surface area contributed by atoms with Gasteiger partial charge in [0.05, 0.1) is 17.5 Å². The van der Waals surface area contributed by atoms with Crippen LogP contribution in [0.25, 0.3) is 0 Å². The molecule has 0 bridgehead atoms. The quantitative estimate of drug-likeness (QED) is 0.641. The molecule has 3 aliphatic heterocycles. The summed E-state index contributed by atoms with van der Waals surface area (Å²) >= 11 is 0. The summed E-state index contributed by atoms with van der Waals surface area (Å²) in [5, 5.41) is 6.15. The molecule has 2 N–H and O–H groups in total. The molecule has 0 saturated carbocycles. The lowest BCUT2D eigenvalue weighted by molar-refractivity contribution is -0.134. The summed E-state index contributed by atoms with van der Waals surface area (Å²) in [5.74, 6) is 1.40. The largest absolute Gasteiger partial charge is 0.491 e. The van der Waals surface area contributed by atoms with Crippen molar-refractivity contribution in [3.8, 4) is 5.75 Å². The van der Waals surface area contributed by atoms with Crippen LogP contribution < -0.4 is 20.3 Å². The van der Waals surface area contributed by atoms with Crippen LogP contribution in [0.1, 0.15) is 67.3 Å². The Balaban J connectivity index is 1.17. The number of nitrogens with one attached hydrogen (secondary N) is 2. The Morgan fingerprint density at radius 2 is 1.61 bits per heavy atom. The first kappa shape index (κ1) is 26.4. The minimum Gasteiger partial charge on any atom is -0.491 e. The second-order valence-corrected chi connectivity index (χ2v) is 10.8. The highest BCUT2D eigenvalue weighted by Gasteiger charge is 2.40. The van der Waals surface area contributed by atoms with E-state index in [1.807, 2.05) is 24.5 Å². The number of carbonyl (C=O) groups excluding carboxylic acids is 2. The number of piperidine rings is 2. The van der Waals surface area contributed by atoms with Gasteiger partial charge in [-0.1, -0.05) is 18.6 Å². The van der Waals surface area contributed by atoms with Crippen LogP contribution >= 0.6 is 0 Å². The first-order chi connectivity index (χ1) is 18.6. The van der Waals surface area contributed by atoms with Crippen molar-refractivity contribution in [2.45, 2.75) is 57.9 Å². The van der Waals surface area contributed by atoms with Gasteiger partial charge in [-0.3, -0.25) is 14.5 Å². The van der Waals surface area contributed by atoms with E-state index >= 15 is 0 Å². The molecule has 2 amide bonds. The summed E-state index contributed by atoms with van der Waals surface area (Å²) in [7, 11) is 0. The predicted octanol–water partition coefficient (Wildman–Crippen LogP) is 3.16. The first-order valence-corrected chi connectivity index (χ1v) is 14.2. The minimum absolute atomic E-state index is 0.113. The third-order valence-electron chi connectivity index (χ3n) is 8.18. The molecule has 4 heterocycles. The summed E-state index contributed by atoms with van der Waals surface area (Å²) in [4.78, 5) is 40.0. The van der Waals surface area contributed by atoms with Gasteiger partial charge in [-0.25, -0.2) is 9.97 Å². The average Bonchev–Trinajstić information content (AvgIpc) is 2.96. The molecule has 0 unspecified atom stereocenters. The second-order valence-electron chi connectivity index (χ2n) is 10.8. The molecule has 0 atom stereocenters. The van der Waals surface area contributed by atoms with E-state index in [9.17, 15) is 9.59 Å². The van der Waals surface area contributed by atoms with E-state index in [1.165, 1.54) is 19.3 Å². The highest BCUT2D eigenvalue weighted by molar-refractivity contribution is 5.96. The van der Waals surface area contributed by atoms with E-state index in [2.05, 4.69) is 30.4 Å². The van der Waals surface area contributed by atoms with Gasteiger partial charge in [0.15, 0.2) is 0 Å². The van der Waals surface area contributed by atoms with E-state index in [0.717, 1.165) is 76.3 Å². The highest BCUT2D eigenvalue weighted by Crippen LogP contribution is 2.37. The summed E-state index contributed by atoms with van der Waals surface area (Å²) in [6, 6.07) is 7.26. The Morgan fingerprint density at radius 3 is 2.39 bits per heavy atom. The van der Waals surface area contributed by atoms with Gasteiger partial charge in [-0.2, -0.15) is 0 Å². The zero-order valence-electron chi connectivity index (χ0n) is 22.3. The molecular weight excluding hydrogens is 480 g/mol. The zero-order valence-corrected chi connectivity index (χ0v) is 22.3. The molecule has 2 saturated heterocycles. The fraction of sp³-hybridized carbons (Fsp3) is 0.586. The van der Waals surface area contributed by atoms with Crippen LogP contribution in [0.15, 0.2) is 36.7 Å². The molecule has 0 aliphatic carbocycles. The standard InChI is InChI=1S/C29H40N6O3/c36-26-24-8-2-3-9-25(24)38-19-14-31-27(37)29(10-4-5-13-30-26)11-17-34(18-12-29)22-23-20-32-28(33-21-23)35-15-6-1-7-16-35/h2-3,8-9,20-21H,1,4-7,10-19,22H2,(H,30,36)(H,31,37). The third-order valence-corrected chi connectivity index (χ3v) is 8.18. The zero-order chi connectivity index (χ0) is 26.2. The van der Waals surface area contributed by atoms with E-state index in [1.54, 1.807) is 12.1 Å². The molecule has 1 aromatic heterocycles. The smallest absolute Gasteiger partial charge is 0.255 e. The van der Waals surface area contributed by atoms with Gasteiger partial charge in [0.1, 0.15) is 12.4 Å². The molecule has 5 rings (SSSR count). The van der Waals surface area contributed by atoms with Crippen molar-refractivity contribution in [2.24, 2.45) is 5.41 Å². The van der Waals surface area contributed by atoms with Gasteiger partial charge in [0, 0.05) is 44.1 Å². The summed E-state index contributed by atoms with van der Waals surface area (Å²) in [6.45, 7) is 5.95. The molecule has 3 aliphatic rings. The van der Waals surface area contributed by atoms with Crippen molar-refractivity contribution in [3.05, 3.63) is 47.8 Å². The number of rotatable bonds is 3. The summed E-state index contributed by atoms with van der Waals surface area (Å²) < 4.78 is 5.86. The molecule has 38 heavy (non-hydrogen) atoms. The van der Waals surface area contributed by atoms with Crippen LogP contribution in [-0.4, -0.2) is 72.6 Å². The van der Waals surface area contributed by atoms with Crippen LogP contribution in [0.3, 0.4) is 0 Å². The Morgan fingerprint density at radius 1 is 0.842 bits per heavy atom. The fourth-order valence-electron chi connectivity index (χ4n) is 5.85. The van der Waals surface area contributed by atoms with Crippen LogP contribution in [-0.2, 0) is 11.3 Å². The molecule has 9 heteroatoms. The van der Waals surface area contributed by atoms with E-state index in [4.69, 9.17) is 4.74 Å². The molecular formula is C29H40N6O3. The van der Waals surface area contributed by atoms with Crippen molar-refractivity contribution in [1.29, 1.82) is 0 Å². The Bertz CT molecular complexity index is 1080. The van der Waals surface area contributed by atoms with Crippen molar-refractivity contribution < 1.29 is 14.3 Å². The van der Waals surface area contributed by atoms with Crippen molar-refractivity contribution in [3.63, 3.8) is 0 Å². The van der Waals surface area contributed by atoms with Gasteiger partial charge in [-0.05, 0) is 70.2 Å². The van der Waals surface area contributed by atoms with Crippen LogP contribution in [0, 0.1) is 5.41 Å². The number of fused-ring (bicyclic) bond motifs is 1. The van der Waals surface area contributed by atoms with E-state index in [-0.39, 0.29) is 17.2 Å². The molecule has 1 spiro atoms. The first-order valence-electron chi connectivity index (χ1n) is 14.2. The van der Waals surface area contributed by atoms with E-state index < -0.39 is 0 Å². The number of para-hydroxylation sites is 1. The number of hydrogen-bond donors (Lipinski definition) is 2. The lowest BCUT2D eigenvalue weighted by Crippen LogP contribution is -2.49. The molecule has 9 nitrogen and oxygen atoms in total. The number of nitrogens with zero attached hydrogens (tertiary/aromatic N) is 4. The maximum atomic E-state index is 13.4. The highest BCUT2D eigenvalue weighted by atomic mass is 16.5. The molecule has 0 radical (unpaired) electrons. The van der Waals surface area contributed by atoms with Gasteiger partial charge >= 0.3 is 0 Å². The van der Waals surface area contributed by atoms with Gasteiger partial charge in [-0.15, -0.1) is 0 Å². The number of likely N-dealkylation sites (tertiary alicyclic amines) is 1. The summed E-state index contributed by atoms with van der Waals surface area (Å²) in [5.41, 5.74) is 1.27. The SMILES string of the molecule is O=C1NCCCCC2(CCN(Cc3cnc(N4CCCCC4)nc3)CC2)C(=O)NCCOc2ccccc21. The van der Waals surface area contributed by atoms with Crippen LogP contribution in [0.5, 0.6) is 5.75 Å². The minimum atomic E-state index is -0.378. The molecule has 2 aromatic rings. The number of ether oxygens (including phenoxy) is 1. The van der Waals surface area contributed by atoms with Crippen molar-refractivity contribution >= 4 is 17.8 Å². The number of amides is 2. The topological polar surface area (TPSA) is 99.7 Å². The molecule has 1 aromatic carbocycles. The van der Waals surface area contributed by atoms with Gasteiger partial charge in [0.25, 0.3) is 5.91 Å². The lowest BCUT2D eigenvalue weighted by atomic mass is 9.73. The van der Waals surface area contributed by atoms with Crippen molar-refractivity contribution in [2.75, 3.05) is 50.8 Å². The number of benzene rings is 1. The maximum Gasteiger partial charge on any atom is 0.255 e. The molecule has 2 fully saturated rings. The lowest BCUT2D eigenvalue weighted by Gasteiger charge is -2.41. The Labute approximate surface area is 225 Å². The number of anilines is 1. The average molecular weight is 521 g/mol. The van der Waals surface area contributed by atoms with Crippen LogP contribution in [0.2, 0.25) is 0 Å². The van der Waals surface area contributed by atoms with Gasteiger partial charge in [0.2, 0.25) is 11.9 Å². The van der Waals surface area contributed by atoms with Crippen molar-refractivity contribution in [1.82, 2.24) is 25.5 Å². The Kier molecular flexibility index (Phi) is 8.73. The second kappa shape index (κ2) is 12.6. The third kappa shape index (κ3) is 6.43. The fourth-order valence-corrected chi connectivity index (χ4v) is 5.85. The number of hydrogen-bond acceptors (Lipinski definition) is 7. The number of aromatic nitrogens is 2. The normalized spacial score (nSPS) is 21.5.